The molecule has 0 amide bonds. The Morgan fingerprint density at radius 3 is 2.05 bits per heavy atom. The predicted octanol–water partition coefficient (Wildman–Crippen LogP) is -1.74. The second kappa shape index (κ2) is 11.6. The van der Waals surface area contributed by atoms with Crippen LogP contribution in [0, 0.1) is 0 Å². The van der Waals surface area contributed by atoms with Crippen LogP contribution in [0.1, 0.15) is 6.92 Å². The summed E-state index contributed by atoms with van der Waals surface area (Å²) < 4.78 is 28.0. The van der Waals surface area contributed by atoms with Gasteiger partial charge in [-0.25, -0.2) is 0 Å². The van der Waals surface area contributed by atoms with Crippen molar-refractivity contribution in [1.29, 1.82) is 0 Å². The summed E-state index contributed by atoms with van der Waals surface area (Å²) in [6, 6.07) is 7.53. The molecule has 10 atom stereocenters. The highest BCUT2D eigenvalue weighted by atomic mass is 16.7. The highest BCUT2D eigenvalue weighted by molar-refractivity contribution is 5.88. The van der Waals surface area contributed by atoms with E-state index in [2.05, 4.69) is 0 Å². The van der Waals surface area contributed by atoms with Crippen LogP contribution in [-0.4, -0.2) is 114 Å². The summed E-state index contributed by atoms with van der Waals surface area (Å²) >= 11 is 0. The quantitative estimate of drug-likeness (QED) is 0.154. The topological polar surface area (TPSA) is 249 Å². The number of benzene rings is 2. The summed E-state index contributed by atoms with van der Waals surface area (Å²) in [5.74, 6) is -1.74. The van der Waals surface area contributed by atoms with E-state index in [4.69, 9.17) is 23.4 Å². The van der Waals surface area contributed by atoms with Gasteiger partial charge in [0.15, 0.2) is 5.76 Å². The van der Waals surface area contributed by atoms with E-state index in [1.54, 1.807) is 0 Å². The van der Waals surface area contributed by atoms with Gasteiger partial charge >= 0.3 is 0 Å². The molecular weight excluding hydrogens is 564 g/mol. The second-order valence-corrected chi connectivity index (χ2v) is 10.1. The summed E-state index contributed by atoms with van der Waals surface area (Å²) in [5, 5.41) is 90.6. The second-order valence-electron chi connectivity index (χ2n) is 10.1. The molecule has 5 rings (SSSR count). The zero-order chi connectivity index (χ0) is 30.5. The molecule has 0 unspecified atom stereocenters. The van der Waals surface area contributed by atoms with Crippen molar-refractivity contribution in [2.24, 2.45) is 0 Å². The van der Waals surface area contributed by atoms with Gasteiger partial charge in [-0.2, -0.15) is 0 Å². The Balaban J connectivity index is 1.58. The van der Waals surface area contributed by atoms with Crippen molar-refractivity contribution in [2.45, 2.75) is 68.3 Å². The minimum absolute atomic E-state index is 0.103. The molecule has 0 aliphatic carbocycles. The molecule has 15 heteroatoms. The first-order chi connectivity index (χ1) is 19.9. The average molecular weight is 595 g/mol. The number of fused-ring (bicyclic) bond motifs is 1. The Bertz CT molecular complexity index is 1470. The van der Waals surface area contributed by atoms with Crippen molar-refractivity contribution in [3.8, 4) is 34.3 Å². The fourth-order valence-electron chi connectivity index (χ4n) is 4.76. The SMILES string of the molecule is C[C@@H]1O[C@@H](Oc2c(-c3ccc(O)cc3)oc3cc(O[C@H]4O[C@@H](CO)[C@H](O)[C@H](O)[C@@H]4O)cc(O)c3c2=O)[C@@H](O)[C@@H](O)[C@H]1O. The predicted molar refractivity (Wildman–Crippen MR) is 139 cm³/mol. The van der Waals surface area contributed by atoms with Gasteiger partial charge in [-0.15, -0.1) is 0 Å². The minimum Gasteiger partial charge on any atom is -0.508 e. The van der Waals surface area contributed by atoms with Crippen molar-refractivity contribution < 1.29 is 69.3 Å². The molecule has 3 aromatic rings. The molecule has 2 aliphatic heterocycles. The number of ether oxygens (including phenoxy) is 4. The van der Waals surface area contributed by atoms with E-state index >= 15 is 0 Å². The molecule has 2 aromatic carbocycles. The van der Waals surface area contributed by atoms with E-state index in [9.17, 15) is 50.8 Å². The number of hydrogen-bond donors (Lipinski definition) is 9. The Morgan fingerprint density at radius 2 is 1.40 bits per heavy atom. The molecule has 228 valence electrons. The van der Waals surface area contributed by atoms with Crippen molar-refractivity contribution in [1.82, 2.24) is 0 Å². The molecule has 0 saturated carbocycles. The highest BCUT2D eigenvalue weighted by Crippen LogP contribution is 2.38. The first-order valence-corrected chi connectivity index (χ1v) is 12.9. The number of hydrogen-bond acceptors (Lipinski definition) is 15. The fourth-order valence-corrected chi connectivity index (χ4v) is 4.76. The zero-order valence-corrected chi connectivity index (χ0v) is 21.9. The molecule has 15 nitrogen and oxygen atoms in total. The van der Waals surface area contributed by atoms with Crippen molar-refractivity contribution in [2.75, 3.05) is 6.61 Å². The van der Waals surface area contributed by atoms with E-state index < -0.39 is 90.3 Å². The number of rotatable bonds is 6. The monoisotopic (exact) mass is 594 g/mol. The molecule has 2 aliphatic rings. The summed E-state index contributed by atoms with van der Waals surface area (Å²) in [5.41, 5.74) is -0.968. The van der Waals surface area contributed by atoms with Gasteiger partial charge in [0.2, 0.25) is 23.8 Å². The van der Waals surface area contributed by atoms with Crippen LogP contribution >= 0.6 is 0 Å². The lowest BCUT2D eigenvalue weighted by molar-refractivity contribution is -0.277. The molecule has 42 heavy (non-hydrogen) atoms. The van der Waals surface area contributed by atoms with Crippen LogP contribution in [0.5, 0.6) is 23.0 Å². The summed E-state index contributed by atoms with van der Waals surface area (Å²) in [6.45, 7) is 0.721. The van der Waals surface area contributed by atoms with E-state index in [0.717, 1.165) is 6.07 Å². The lowest BCUT2D eigenvalue weighted by atomic mass is 9.99. The normalized spacial score (nSPS) is 33.4. The third-order valence-corrected chi connectivity index (χ3v) is 7.18. The summed E-state index contributed by atoms with van der Waals surface area (Å²) in [6.07, 6.45) is -15.5. The van der Waals surface area contributed by atoms with Crippen LogP contribution < -0.4 is 14.9 Å². The lowest BCUT2D eigenvalue weighted by Gasteiger charge is -2.39. The van der Waals surface area contributed by atoms with Gasteiger partial charge in [0.25, 0.3) is 0 Å². The van der Waals surface area contributed by atoms with Crippen LogP contribution in [0.3, 0.4) is 0 Å². The summed E-state index contributed by atoms with van der Waals surface area (Å²) in [4.78, 5) is 13.7. The van der Waals surface area contributed by atoms with Crippen LogP contribution in [-0.2, 0) is 9.47 Å². The molecule has 0 spiro atoms. The van der Waals surface area contributed by atoms with Crippen molar-refractivity contribution >= 4 is 11.0 Å². The Morgan fingerprint density at radius 1 is 0.786 bits per heavy atom. The largest absolute Gasteiger partial charge is 0.508 e. The Labute approximate surface area is 236 Å². The van der Waals surface area contributed by atoms with E-state index in [1.807, 2.05) is 0 Å². The third kappa shape index (κ3) is 5.37. The maximum absolute atomic E-state index is 13.7. The standard InChI is InChI=1S/C27H30O15/c1-9-17(31)20(34)22(36)26(38-9)42-25-19(33)16-13(30)6-12(39-27-23(37)21(35)18(32)15(8-28)41-27)7-14(16)40-24(25)10-2-4-11(29)5-3-10/h2-7,9,15,17-18,20-23,26-32,34-37H,8H2,1H3/t9-,15-,17-,18-,20-,21-,22-,23-,26-,27-/m0/s1. The fraction of sp³-hybridized carbons (Fsp3) is 0.444. The van der Waals surface area contributed by atoms with Crippen LogP contribution in [0.25, 0.3) is 22.3 Å². The molecule has 9 N–H and O–H groups in total. The summed E-state index contributed by atoms with van der Waals surface area (Å²) in [7, 11) is 0. The zero-order valence-electron chi connectivity index (χ0n) is 21.9. The smallest absolute Gasteiger partial charge is 0.239 e. The third-order valence-electron chi connectivity index (χ3n) is 7.18. The van der Waals surface area contributed by atoms with E-state index in [0.29, 0.717) is 0 Å². The number of aliphatic hydroxyl groups is 7. The van der Waals surface area contributed by atoms with Gasteiger partial charge < -0.3 is 69.3 Å². The number of aromatic hydroxyl groups is 2. The molecule has 2 saturated heterocycles. The average Bonchev–Trinajstić information content (AvgIpc) is 2.96. The van der Waals surface area contributed by atoms with Crippen molar-refractivity contribution in [3.63, 3.8) is 0 Å². The first kappa shape index (κ1) is 30.0. The Kier molecular flexibility index (Phi) is 8.30. The lowest BCUT2D eigenvalue weighted by Crippen LogP contribution is -2.60. The van der Waals surface area contributed by atoms with Gasteiger partial charge in [-0.05, 0) is 31.2 Å². The Hall–Kier alpha value is -3.51. The molecule has 0 radical (unpaired) electrons. The first-order valence-electron chi connectivity index (χ1n) is 12.9. The van der Waals surface area contributed by atoms with Crippen LogP contribution in [0.4, 0.5) is 0 Å². The van der Waals surface area contributed by atoms with Crippen LogP contribution in [0.2, 0.25) is 0 Å². The van der Waals surface area contributed by atoms with Gasteiger partial charge in [-0.1, -0.05) is 0 Å². The van der Waals surface area contributed by atoms with E-state index in [-0.39, 0.29) is 28.4 Å². The van der Waals surface area contributed by atoms with Gasteiger partial charge in [0.1, 0.15) is 70.9 Å². The molecule has 3 heterocycles. The maximum Gasteiger partial charge on any atom is 0.239 e. The van der Waals surface area contributed by atoms with Gasteiger partial charge in [-0.3, -0.25) is 4.79 Å². The number of phenols is 2. The maximum atomic E-state index is 13.7. The number of aliphatic hydroxyl groups excluding tert-OH is 7. The molecule has 2 fully saturated rings. The van der Waals surface area contributed by atoms with E-state index in [1.165, 1.54) is 37.3 Å². The number of phenolic OH excluding ortho intramolecular Hbond substituents is 2. The molecular formula is C27H30O15. The molecule has 1 aromatic heterocycles. The van der Waals surface area contributed by atoms with Gasteiger partial charge in [0, 0.05) is 17.7 Å². The minimum atomic E-state index is -1.78. The van der Waals surface area contributed by atoms with Crippen LogP contribution in [0.15, 0.2) is 45.6 Å². The molecule has 0 bridgehead atoms. The van der Waals surface area contributed by atoms with Gasteiger partial charge in [0.05, 0.1) is 12.7 Å². The highest BCUT2D eigenvalue weighted by Gasteiger charge is 2.45. The van der Waals surface area contributed by atoms with Crippen molar-refractivity contribution in [3.05, 3.63) is 46.6 Å².